The van der Waals surface area contributed by atoms with Crippen molar-refractivity contribution in [3.05, 3.63) is 24.1 Å². The van der Waals surface area contributed by atoms with Crippen molar-refractivity contribution in [2.75, 3.05) is 0 Å². The average molecular weight is 238 g/mol. The summed E-state index contributed by atoms with van der Waals surface area (Å²) in [6.07, 6.45) is 5.60. The molecule has 0 radical (unpaired) electrons. The summed E-state index contributed by atoms with van der Waals surface area (Å²) in [4.78, 5) is 8.50. The first kappa shape index (κ1) is 11.2. The van der Waals surface area contributed by atoms with E-state index in [1.54, 1.807) is 18.0 Å². The number of rotatable bonds is 5. The van der Waals surface area contributed by atoms with Crippen molar-refractivity contribution in [1.29, 1.82) is 0 Å². The Bertz CT molecular complexity index is 451. The third kappa shape index (κ3) is 2.63. The molecule has 0 bridgehead atoms. The molecule has 0 aliphatic rings. The fraction of sp³-hybridized carbons (Fsp3) is 0.500. The highest BCUT2D eigenvalue weighted by Crippen LogP contribution is 2.19. The van der Waals surface area contributed by atoms with Crippen LogP contribution < -0.4 is 0 Å². The molecule has 2 heterocycles. The molecule has 6 heteroatoms. The minimum atomic E-state index is 0.663. The van der Waals surface area contributed by atoms with Gasteiger partial charge in [0.1, 0.15) is 0 Å². The molecule has 0 aliphatic heterocycles. The van der Waals surface area contributed by atoms with Gasteiger partial charge in [0.05, 0.1) is 5.75 Å². The lowest BCUT2D eigenvalue weighted by Gasteiger charge is -1.97. The van der Waals surface area contributed by atoms with E-state index >= 15 is 0 Å². The monoisotopic (exact) mass is 238 g/mol. The Kier molecular flexibility index (Phi) is 3.61. The maximum atomic E-state index is 5.14. The summed E-state index contributed by atoms with van der Waals surface area (Å²) >= 11 is 1.59. The van der Waals surface area contributed by atoms with Crippen molar-refractivity contribution < 1.29 is 4.52 Å². The van der Waals surface area contributed by atoms with Crippen LogP contribution in [0.15, 0.2) is 22.1 Å². The molecule has 5 nitrogen and oxygen atoms in total. The molecule has 2 aromatic heterocycles. The van der Waals surface area contributed by atoms with Crippen LogP contribution >= 0.6 is 11.8 Å². The van der Waals surface area contributed by atoms with Crippen LogP contribution in [-0.4, -0.2) is 19.7 Å². The summed E-state index contributed by atoms with van der Waals surface area (Å²) < 4.78 is 7.10. The summed E-state index contributed by atoms with van der Waals surface area (Å²) in [5.74, 6) is 2.12. The highest BCUT2D eigenvalue weighted by Gasteiger charge is 2.07. The molecule has 0 atom stereocenters. The van der Waals surface area contributed by atoms with E-state index in [-0.39, 0.29) is 0 Å². The van der Waals surface area contributed by atoms with Crippen LogP contribution in [0.5, 0.6) is 0 Å². The van der Waals surface area contributed by atoms with Crippen molar-refractivity contribution >= 4 is 11.8 Å². The second kappa shape index (κ2) is 5.16. The van der Waals surface area contributed by atoms with E-state index in [9.17, 15) is 0 Å². The molecule has 0 amide bonds. The Labute approximate surface area is 98.3 Å². The molecule has 0 spiro atoms. The van der Waals surface area contributed by atoms with Gasteiger partial charge >= 0.3 is 0 Å². The summed E-state index contributed by atoms with van der Waals surface area (Å²) in [5, 5.41) is 4.86. The first-order valence-electron chi connectivity index (χ1n) is 5.21. The van der Waals surface area contributed by atoms with Crippen LogP contribution in [0.4, 0.5) is 0 Å². The van der Waals surface area contributed by atoms with E-state index in [0.717, 1.165) is 23.8 Å². The Balaban J connectivity index is 1.92. The van der Waals surface area contributed by atoms with Gasteiger partial charge in [-0.25, -0.2) is 4.98 Å². The Morgan fingerprint density at radius 1 is 1.50 bits per heavy atom. The summed E-state index contributed by atoms with van der Waals surface area (Å²) in [5.41, 5.74) is 0. The van der Waals surface area contributed by atoms with Gasteiger partial charge in [0.25, 0.3) is 0 Å². The quantitative estimate of drug-likeness (QED) is 0.746. The molecule has 0 aromatic carbocycles. The van der Waals surface area contributed by atoms with E-state index in [1.165, 1.54) is 0 Å². The van der Waals surface area contributed by atoms with E-state index < -0.39 is 0 Å². The van der Waals surface area contributed by atoms with E-state index in [4.69, 9.17) is 4.52 Å². The van der Waals surface area contributed by atoms with Gasteiger partial charge in [-0.3, -0.25) is 0 Å². The van der Waals surface area contributed by atoms with Gasteiger partial charge in [0, 0.05) is 25.9 Å². The lowest BCUT2D eigenvalue weighted by atomic mass is 10.3. The maximum absolute atomic E-state index is 5.14. The van der Waals surface area contributed by atoms with Crippen molar-refractivity contribution in [3.8, 4) is 0 Å². The van der Waals surface area contributed by atoms with Crippen LogP contribution in [0.25, 0.3) is 0 Å². The average Bonchev–Trinajstić information content (AvgIpc) is 2.86. The van der Waals surface area contributed by atoms with Gasteiger partial charge in [-0.1, -0.05) is 23.8 Å². The predicted octanol–water partition coefficient (Wildman–Crippen LogP) is 2.05. The molecule has 0 aliphatic carbocycles. The second-order valence-electron chi connectivity index (χ2n) is 3.46. The van der Waals surface area contributed by atoms with Crippen molar-refractivity contribution in [2.24, 2.45) is 7.05 Å². The van der Waals surface area contributed by atoms with Gasteiger partial charge in [0.2, 0.25) is 5.89 Å². The minimum Gasteiger partial charge on any atom is -0.338 e. The number of aryl methyl sites for hydroxylation is 2. The zero-order valence-corrected chi connectivity index (χ0v) is 10.2. The summed E-state index contributed by atoms with van der Waals surface area (Å²) in [6, 6.07) is 0. The predicted molar refractivity (Wildman–Crippen MR) is 61.1 cm³/mol. The molecule has 0 N–H and O–H groups in total. The zero-order chi connectivity index (χ0) is 11.4. The van der Waals surface area contributed by atoms with Crippen LogP contribution in [-0.2, 0) is 19.2 Å². The molecule has 86 valence electrons. The SMILES string of the molecule is CCCc1noc(CSc2nccn2C)n1. The molecular formula is C10H14N4OS. The summed E-state index contributed by atoms with van der Waals surface area (Å²) in [6.45, 7) is 2.10. The Hall–Kier alpha value is -1.30. The third-order valence-electron chi connectivity index (χ3n) is 2.09. The van der Waals surface area contributed by atoms with Crippen molar-refractivity contribution in [3.63, 3.8) is 0 Å². The van der Waals surface area contributed by atoms with Gasteiger partial charge in [-0.05, 0) is 6.42 Å². The molecule has 0 saturated heterocycles. The van der Waals surface area contributed by atoms with E-state index in [2.05, 4.69) is 22.0 Å². The standard InChI is InChI=1S/C10H14N4OS/c1-3-4-8-12-9(15-13-8)7-16-10-11-5-6-14(10)2/h5-6H,3-4,7H2,1-2H3. The maximum Gasteiger partial charge on any atom is 0.237 e. The Morgan fingerprint density at radius 2 is 2.38 bits per heavy atom. The van der Waals surface area contributed by atoms with E-state index in [0.29, 0.717) is 11.6 Å². The molecule has 0 unspecified atom stereocenters. The highest BCUT2D eigenvalue weighted by atomic mass is 32.2. The first-order valence-corrected chi connectivity index (χ1v) is 6.19. The smallest absolute Gasteiger partial charge is 0.237 e. The van der Waals surface area contributed by atoms with Crippen LogP contribution in [0, 0.1) is 0 Å². The van der Waals surface area contributed by atoms with Gasteiger partial charge in [0.15, 0.2) is 11.0 Å². The number of imidazole rings is 1. The number of thioether (sulfide) groups is 1. The number of aromatic nitrogens is 4. The fourth-order valence-corrected chi connectivity index (χ4v) is 2.06. The Morgan fingerprint density at radius 3 is 3.06 bits per heavy atom. The third-order valence-corrected chi connectivity index (χ3v) is 3.13. The van der Waals surface area contributed by atoms with E-state index in [1.807, 2.05) is 17.8 Å². The zero-order valence-electron chi connectivity index (χ0n) is 9.38. The lowest BCUT2D eigenvalue weighted by molar-refractivity contribution is 0.384. The molecule has 2 rings (SSSR count). The minimum absolute atomic E-state index is 0.663. The molecule has 2 aromatic rings. The van der Waals surface area contributed by atoms with Crippen LogP contribution in [0.3, 0.4) is 0 Å². The molecular weight excluding hydrogens is 224 g/mol. The normalized spacial score (nSPS) is 10.9. The van der Waals surface area contributed by atoms with Crippen LogP contribution in [0.2, 0.25) is 0 Å². The largest absolute Gasteiger partial charge is 0.338 e. The number of nitrogens with zero attached hydrogens (tertiary/aromatic N) is 4. The number of hydrogen-bond acceptors (Lipinski definition) is 5. The van der Waals surface area contributed by atoms with Gasteiger partial charge < -0.3 is 9.09 Å². The van der Waals surface area contributed by atoms with Crippen molar-refractivity contribution in [2.45, 2.75) is 30.7 Å². The van der Waals surface area contributed by atoms with Gasteiger partial charge in [-0.2, -0.15) is 4.98 Å². The van der Waals surface area contributed by atoms with Gasteiger partial charge in [-0.15, -0.1) is 0 Å². The topological polar surface area (TPSA) is 56.7 Å². The first-order chi connectivity index (χ1) is 7.79. The number of hydrogen-bond donors (Lipinski definition) is 0. The fourth-order valence-electron chi connectivity index (χ4n) is 1.29. The molecule has 0 fully saturated rings. The molecule has 16 heavy (non-hydrogen) atoms. The summed E-state index contributed by atoms with van der Waals surface area (Å²) in [7, 11) is 1.96. The molecule has 0 saturated carbocycles. The van der Waals surface area contributed by atoms with Crippen LogP contribution in [0.1, 0.15) is 25.1 Å². The second-order valence-corrected chi connectivity index (χ2v) is 4.41. The lowest BCUT2D eigenvalue weighted by Crippen LogP contribution is -1.90. The highest BCUT2D eigenvalue weighted by molar-refractivity contribution is 7.98. The van der Waals surface area contributed by atoms with Crippen molar-refractivity contribution in [1.82, 2.24) is 19.7 Å².